The Morgan fingerprint density at radius 2 is 1.84 bits per heavy atom. The predicted molar refractivity (Wildman–Crippen MR) is 108 cm³/mol. The molecule has 1 unspecified atom stereocenters. The van der Waals surface area contributed by atoms with Gasteiger partial charge in [-0.1, -0.05) is 24.3 Å². The van der Waals surface area contributed by atoms with Crippen molar-refractivity contribution in [3.05, 3.63) is 71.5 Å². The number of fused-ring (bicyclic) bond motifs is 1. The maximum absolute atomic E-state index is 13.5. The van der Waals surface area contributed by atoms with E-state index >= 15 is 0 Å². The maximum Gasteiger partial charge on any atom is 0.416 e. The minimum absolute atomic E-state index is 0.0559. The molecule has 32 heavy (non-hydrogen) atoms. The Morgan fingerprint density at radius 1 is 1.09 bits per heavy atom. The standard InChI is InChI=1S/C22H18F3N3O4/c1-31-18-12-27(15-8-5-7-14(11-15)22(23,24)25)26-19(18)20(29)28-16-9-4-3-6-13(16)10-17(28)21(30)32-2/h3-9,11-12,17H,10H2,1-2H3. The van der Waals surface area contributed by atoms with Crippen LogP contribution in [0.5, 0.6) is 5.75 Å². The molecule has 0 saturated heterocycles. The van der Waals surface area contributed by atoms with Crippen LogP contribution in [0.3, 0.4) is 0 Å². The fourth-order valence-electron chi connectivity index (χ4n) is 3.69. The largest absolute Gasteiger partial charge is 0.493 e. The van der Waals surface area contributed by atoms with Crippen molar-refractivity contribution in [2.45, 2.75) is 18.6 Å². The van der Waals surface area contributed by atoms with E-state index < -0.39 is 29.7 Å². The average molecular weight is 445 g/mol. The van der Waals surface area contributed by atoms with Gasteiger partial charge >= 0.3 is 12.1 Å². The first-order valence-corrected chi connectivity index (χ1v) is 9.55. The Bertz CT molecular complexity index is 1190. The SMILES string of the molecule is COC(=O)C1Cc2ccccc2N1C(=O)c1nn(-c2cccc(C(F)(F)F)c2)cc1OC. The van der Waals surface area contributed by atoms with Crippen molar-refractivity contribution in [2.75, 3.05) is 19.1 Å². The lowest BCUT2D eigenvalue weighted by molar-refractivity contribution is -0.142. The molecule has 0 aliphatic carbocycles. The highest BCUT2D eigenvalue weighted by molar-refractivity contribution is 6.11. The molecule has 166 valence electrons. The molecule has 0 bridgehead atoms. The summed E-state index contributed by atoms with van der Waals surface area (Å²) in [6.45, 7) is 0. The normalized spacial score (nSPS) is 15.4. The van der Waals surface area contributed by atoms with Crippen LogP contribution in [0.1, 0.15) is 21.6 Å². The first-order chi connectivity index (χ1) is 15.2. The Labute approximate surface area is 181 Å². The zero-order valence-corrected chi connectivity index (χ0v) is 17.1. The summed E-state index contributed by atoms with van der Waals surface area (Å²) >= 11 is 0. The summed E-state index contributed by atoms with van der Waals surface area (Å²) in [5.41, 5.74) is 0.423. The lowest BCUT2D eigenvalue weighted by Gasteiger charge is -2.23. The molecule has 7 nitrogen and oxygen atoms in total. The van der Waals surface area contributed by atoms with Crippen molar-refractivity contribution in [3.8, 4) is 11.4 Å². The van der Waals surface area contributed by atoms with E-state index in [2.05, 4.69) is 5.10 Å². The molecule has 3 aromatic rings. The van der Waals surface area contributed by atoms with E-state index in [9.17, 15) is 22.8 Å². The fraction of sp³-hybridized carbons (Fsp3) is 0.227. The number of para-hydroxylation sites is 1. The van der Waals surface area contributed by atoms with Crippen molar-refractivity contribution in [1.29, 1.82) is 0 Å². The Hall–Kier alpha value is -3.82. The van der Waals surface area contributed by atoms with Crippen LogP contribution in [-0.2, 0) is 22.1 Å². The number of ether oxygens (including phenoxy) is 2. The molecule has 1 atom stereocenters. The molecule has 1 amide bonds. The number of anilines is 1. The van der Waals surface area contributed by atoms with Gasteiger partial charge in [0, 0.05) is 12.1 Å². The summed E-state index contributed by atoms with van der Waals surface area (Å²) < 4.78 is 50.6. The number of nitrogens with zero attached hydrogens (tertiary/aromatic N) is 3. The van der Waals surface area contributed by atoms with E-state index in [0.29, 0.717) is 5.69 Å². The molecule has 0 N–H and O–H groups in total. The molecule has 10 heteroatoms. The number of hydrogen-bond acceptors (Lipinski definition) is 5. The quantitative estimate of drug-likeness (QED) is 0.574. The summed E-state index contributed by atoms with van der Waals surface area (Å²) in [6, 6.07) is 10.7. The number of amides is 1. The fourth-order valence-corrected chi connectivity index (χ4v) is 3.69. The second kappa shape index (κ2) is 8.03. The monoisotopic (exact) mass is 445 g/mol. The number of hydrogen-bond donors (Lipinski definition) is 0. The van der Waals surface area contributed by atoms with Gasteiger partial charge in [-0.15, -0.1) is 0 Å². The van der Waals surface area contributed by atoms with Gasteiger partial charge in [0.25, 0.3) is 5.91 Å². The van der Waals surface area contributed by atoms with Crippen LogP contribution in [0.25, 0.3) is 5.69 Å². The van der Waals surface area contributed by atoms with Gasteiger partial charge in [0.1, 0.15) is 6.04 Å². The number of carbonyl (C=O) groups excluding carboxylic acids is 2. The minimum atomic E-state index is -4.53. The number of aromatic nitrogens is 2. The summed E-state index contributed by atoms with van der Waals surface area (Å²) in [4.78, 5) is 27.1. The van der Waals surface area contributed by atoms with Gasteiger partial charge in [0.2, 0.25) is 0 Å². The van der Waals surface area contributed by atoms with Gasteiger partial charge in [0.05, 0.1) is 31.7 Å². The summed E-state index contributed by atoms with van der Waals surface area (Å²) in [5, 5.41) is 4.19. The van der Waals surface area contributed by atoms with E-state index in [0.717, 1.165) is 22.4 Å². The molecule has 0 fully saturated rings. The predicted octanol–water partition coefficient (Wildman–Crippen LogP) is 3.64. The van der Waals surface area contributed by atoms with Crippen molar-refractivity contribution >= 4 is 17.6 Å². The van der Waals surface area contributed by atoms with Crippen molar-refractivity contribution in [2.24, 2.45) is 0 Å². The van der Waals surface area contributed by atoms with Crippen LogP contribution >= 0.6 is 0 Å². The summed E-state index contributed by atoms with van der Waals surface area (Å²) in [6.07, 6.45) is -2.94. The highest BCUT2D eigenvalue weighted by Crippen LogP contribution is 2.35. The number of methoxy groups -OCH3 is 2. The second-order valence-corrected chi connectivity index (χ2v) is 7.09. The van der Waals surface area contributed by atoms with Gasteiger partial charge < -0.3 is 9.47 Å². The first kappa shape index (κ1) is 21.4. The number of carbonyl (C=O) groups is 2. The third-order valence-corrected chi connectivity index (χ3v) is 5.21. The van der Waals surface area contributed by atoms with Crippen molar-refractivity contribution in [3.63, 3.8) is 0 Å². The van der Waals surface area contributed by atoms with Crippen LogP contribution in [0.2, 0.25) is 0 Å². The topological polar surface area (TPSA) is 73.7 Å². The smallest absolute Gasteiger partial charge is 0.416 e. The van der Waals surface area contributed by atoms with E-state index in [4.69, 9.17) is 9.47 Å². The first-order valence-electron chi connectivity index (χ1n) is 9.55. The Balaban J connectivity index is 1.76. The van der Waals surface area contributed by atoms with E-state index in [-0.39, 0.29) is 23.6 Å². The maximum atomic E-state index is 13.5. The van der Waals surface area contributed by atoms with E-state index in [1.807, 2.05) is 0 Å². The van der Waals surface area contributed by atoms with Crippen molar-refractivity contribution < 1.29 is 32.2 Å². The molecule has 2 heterocycles. The van der Waals surface area contributed by atoms with E-state index in [1.165, 1.54) is 37.4 Å². The molecular formula is C22H18F3N3O4. The number of esters is 1. The summed E-state index contributed by atoms with van der Waals surface area (Å²) in [5.74, 6) is -1.17. The molecule has 2 aromatic carbocycles. The average Bonchev–Trinajstić information content (AvgIpc) is 3.39. The lowest BCUT2D eigenvalue weighted by atomic mass is 10.1. The summed E-state index contributed by atoms with van der Waals surface area (Å²) in [7, 11) is 2.55. The zero-order valence-electron chi connectivity index (χ0n) is 17.1. The van der Waals surface area contributed by atoms with Crippen molar-refractivity contribution in [1.82, 2.24) is 9.78 Å². The van der Waals surface area contributed by atoms with Crippen LogP contribution in [0.15, 0.2) is 54.7 Å². The van der Waals surface area contributed by atoms with Gasteiger partial charge in [-0.3, -0.25) is 9.69 Å². The molecule has 0 saturated carbocycles. The lowest BCUT2D eigenvalue weighted by Crippen LogP contribution is -2.43. The minimum Gasteiger partial charge on any atom is -0.493 e. The molecule has 0 radical (unpaired) electrons. The van der Waals surface area contributed by atoms with E-state index in [1.54, 1.807) is 24.3 Å². The molecule has 1 aliphatic rings. The highest BCUT2D eigenvalue weighted by atomic mass is 19.4. The van der Waals surface area contributed by atoms with Gasteiger partial charge in [-0.2, -0.15) is 18.3 Å². The molecular weight excluding hydrogens is 427 g/mol. The van der Waals surface area contributed by atoms with Crippen LogP contribution in [-0.4, -0.2) is 41.9 Å². The third kappa shape index (κ3) is 3.68. The molecule has 4 rings (SSSR count). The number of benzene rings is 2. The highest BCUT2D eigenvalue weighted by Gasteiger charge is 2.41. The Morgan fingerprint density at radius 3 is 2.53 bits per heavy atom. The van der Waals surface area contributed by atoms with Crippen LogP contribution in [0, 0.1) is 0 Å². The van der Waals surface area contributed by atoms with Crippen LogP contribution < -0.4 is 9.64 Å². The number of alkyl halides is 3. The molecule has 0 spiro atoms. The second-order valence-electron chi connectivity index (χ2n) is 7.09. The van der Waals surface area contributed by atoms with Gasteiger partial charge in [-0.05, 0) is 29.8 Å². The Kier molecular flexibility index (Phi) is 5.37. The molecule has 1 aromatic heterocycles. The van der Waals surface area contributed by atoms with Crippen LogP contribution in [0.4, 0.5) is 18.9 Å². The van der Waals surface area contributed by atoms with Gasteiger partial charge in [0.15, 0.2) is 11.4 Å². The zero-order chi connectivity index (χ0) is 23.0. The number of halogens is 3. The number of rotatable bonds is 4. The molecule has 1 aliphatic heterocycles. The van der Waals surface area contributed by atoms with Gasteiger partial charge in [-0.25, -0.2) is 9.48 Å². The third-order valence-electron chi connectivity index (χ3n) is 5.21.